The summed E-state index contributed by atoms with van der Waals surface area (Å²) in [6.07, 6.45) is 3.60. The van der Waals surface area contributed by atoms with E-state index in [-0.39, 0.29) is 28.3 Å². The molecule has 0 aromatic heterocycles. The number of halogens is 3. The van der Waals surface area contributed by atoms with Gasteiger partial charge in [-0.3, -0.25) is 25.0 Å². The monoisotopic (exact) mass is 673 g/mol. The molecule has 0 bridgehead atoms. The number of ether oxygens (including phenoxy) is 1. The Balaban J connectivity index is 1.66. The summed E-state index contributed by atoms with van der Waals surface area (Å²) in [6.45, 7) is 0. The minimum Gasteiger partial charge on any atom is -0.422 e. The Morgan fingerprint density at radius 3 is 2.46 bits per heavy atom. The van der Waals surface area contributed by atoms with Crippen LogP contribution in [0.5, 0.6) is 5.75 Å². The van der Waals surface area contributed by atoms with Gasteiger partial charge in [-0.2, -0.15) is 0 Å². The van der Waals surface area contributed by atoms with Crippen LogP contribution in [-0.4, -0.2) is 28.7 Å². The van der Waals surface area contributed by atoms with Gasteiger partial charge in [-0.05, 0) is 70.0 Å². The summed E-state index contributed by atoms with van der Waals surface area (Å²) >= 11 is 12.5. The Morgan fingerprint density at radius 2 is 1.77 bits per heavy atom. The molecule has 1 heterocycles. The van der Waals surface area contributed by atoms with Gasteiger partial charge in [0.05, 0.1) is 15.1 Å². The molecule has 1 fully saturated rings. The van der Waals surface area contributed by atoms with Crippen molar-refractivity contribution in [2.75, 3.05) is 4.90 Å². The van der Waals surface area contributed by atoms with Crippen molar-refractivity contribution < 1.29 is 28.8 Å². The molecule has 1 aliphatic heterocycles. The molecule has 0 radical (unpaired) electrons. The number of barbiturate groups is 1. The summed E-state index contributed by atoms with van der Waals surface area (Å²) in [5.41, 5.74) is 0.219. The lowest BCUT2D eigenvalue weighted by atomic mass is 10.1. The predicted octanol–water partition coefficient (Wildman–Crippen LogP) is 6.06. The molecule has 1 aliphatic rings. The van der Waals surface area contributed by atoms with E-state index in [9.17, 15) is 29.3 Å². The smallest absolute Gasteiger partial charge is 0.336 e. The van der Waals surface area contributed by atoms with Crippen molar-refractivity contribution in [3.8, 4) is 5.75 Å². The molecule has 0 atom stereocenters. The number of nitrogens with zero attached hydrogens (tertiary/aromatic N) is 2. The van der Waals surface area contributed by atoms with E-state index in [1.165, 1.54) is 60.7 Å². The van der Waals surface area contributed by atoms with Crippen LogP contribution in [0.1, 0.15) is 11.1 Å². The van der Waals surface area contributed by atoms with Crippen molar-refractivity contribution in [3.05, 3.63) is 108 Å². The first-order valence-electron chi connectivity index (χ1n) is 10.8. The van der Waals surface area contributed by atoms with Crippen LogP contribution < -0.4 is 15.0 Å². The molecule has 4 rings (SSSR count). The van der Waals surface area contributed by atoms with Crippen molar-refractivity contribution in [2.45, 2.75) is 0 Å². The zero-order chi connectivity index (χ0) is 28.3. The number of imide groups is 2. The summed E-state index contributed by atoms with van der Waals surface area (Å²) in [7, 11) is 0. The summed E-state index contributed by atoms with van der Waals surface area (Å²) in [4.78, 5) is 62.1. The number of amides is 4. The van der Waals surface area contributed by atoms with Crippen molar-refractivity contribution in [3.63, 3.8) is 0 Å². The number of esters is 1. The number of non-ortho nitro benzene ring substituents is 1. The number of hydrogen-bond donors (Lipinski definition) is 1. The van der Waals surface area contributed by atoms with Gasteiger partial charge in [-0.1, -0.05) is 39.7 Å². The molecular weight excluding hydrogens is 662 g/mol. The minimum absolute atomic E-state index is 0.0186. The molecule has 3 aromatic carbocycles. The lowest BCUT2D eigenvalue weighted by molar-refractivity contribution is -0.384. The topological polar surface area (TPSA) is 136 Å². The number of hydrogen-bond acceptors (Lipinski definition) is 7. The summed E-state index contributed by atoms with van der Waals surface area (Å²) in [6, 6.07) is 13.7. The van der Waals surface area contributed by atoms with Gasteiger partial charge in [0.15, 0.2) is 5.75 Å². The van der Waals surface area contributed by atoms with E-state index in [0.29, 0.717) is 19.5 Å². The molecule has 0 unspecified atom stereocenters. The Kier molecular flexibility index (Phi) is 8.38. The van der Waals surface area contributed by atoms with Crippen molar-refractivity contribution in [1.82, 2.24) is 5.32 Å². The van der Waals surface area contributed by atoms with Crippen LogP contribution in [0, 0.1) is 10.1 Å². The number of carbonyl (C=O) groups is 4. The van der Waals surface area contributed by atoms with E-state index in [4.69, 9.17) is 16.3 Å². The Morgan fingerprint density at radius 1 is 1.05 bits per heavy atom. The fraction of sp³-hybridized carbons (Fsp3) is 0. The van der Waals surface area contributed by atoms with Crippen molar-refractivity contribution in [1.29, 1.82) is 0 Å². The van der Waals surface area contributed by atoms with Gasteiger partial charge in [0, 0.05) is 33.3 Å². The number of rotatable bonds is 6. The van der Waals surface area contributed by atoms with Crippen molar-refractivity contribution >= 4 is 90.8 Å². The highest BCUT2D eigenvalue weighted by Gasteiger charge is 2.37. The molecular formula is C26H14Br2ClN3O7. The van der Waals surface area contributed by atoms with Gasteiger partial charge in [-0.25, -0.2) is 14.5 Å². The second-order valence-corrected chi connectivity index (χ2v) is 10.1. The summed E-state index contributed by atoms with van der Waals surface area (Å²) in [5.74, 6) is -2.68. The quantitative estimate of drug-likeness (QED) is 0.0838. The number of urea groups is 1. The third-order valence-corrected chi connectivity index (χ3v) is 6.52. The third-order valence-electron chi connectivity index (χ3n) is 5.22. The second kappa shape index (κ2) is 11.7. The maximum absolute atomic E-state index is 13.2. The van der Waals surface area contributed by atoms with E-state index < -0.39 is 28.7 Å². The zero-order valence-electron chi connectivity index (χ0n) is 19.4. The first-order valence-corrected chi connectivity index (χ1v) is 12.8. The minimum atomic E-state index is -0.936. The largest absolute Gasteiger partial charge is 0.422 e. The maximum atomic E-state index is 13.2. The van der Waals surface area contributed by atoms with E-state index in [2.05, 4.69) is 37.2 Å². The fourth-order valence-corrected chi connectivity index (χ4v) is 4.94. The van der Waals surface area contributed by atoms with Gasteiger partial charge >= 0.3 is 12.0 Å². The summed E-state index contributed by atoms with van der Waals surface area (Å²) < 4.78 is 6.32. The van der Waals surface area contributed by atoms with E-state index in [1.54, 1.807) is 12.1 Å². The average Bonchev–Trinajstić information content (AvgIpc) is 2.88. The first kappa shape index (κ1) is 27.9. The van der Waals surface area contributed by atoms with Crippen LogP contribution in [-0.2, 0) is 14.4 Å². The summed E-state index contributed by atoms with van der Waals surface area (Å²) in [5, 5.41) is 13.5. The average molecular weight is 676 g/mol. The van der Waals surface area contributed by atoms with Gasteiger partial charge in [0.2, 0.25) is 0 Å². The molecule has 0 spiro atoms. The molecule has 0 saturated carbocycles. The number of benzene rings is 3. The third kappa shape index (κ3) is 6.48. The van der Waals surface area contributed by atoms with Crippen molar-refractivity contribution in [2.24, 2.45) is 0 Å². The van der Waals surface area contributed by atoms with Crippen LogP contribution in [0.4, 0.5) is 16.2 Å². The predicted molar refractivity (Wildman–Crippen MR) is 150 cm³/mol. The Hall–Kier alpha value is -4.13. The van der Waals surface area contributed by atoms with Crippen LogP contribution in [0.25, 0.3) is 12.2 Å². The van der Waals surface area contributed by atoms with Crippen LogP contribution in [0.2, 0.25) is 5.02 Å². The number of nitro groups is 1. The molecule has 0 aliphatic carbocycles. The van der Waals surface area contributed by atoms with Gasteiger partial charge in [0.25, 0.3) is 17.5 Å². The molecule has 39 heavy (non-hydrogen) atoms. The molecule has 3 aromatic rings. The zero-order valence-corrected chi connectivity index (χ0v) is 23.3. The number of nitrogens with one attached hydrogen (secondary N) is 1. The highest BCUT2D eigenvalue weighted by Crippen LogP contribution is 2.35. The second-order valence-electron chi connectivity index (χ2n) is 7.85. The highest BCUT2D eigenvalue weighted by molar-refractivity contribution is 9.11. The normalized spacial score (nSPS) is 14.6. The maximum Gasteiger partial charge on any atom is 0.336 e. The van der Waals surface area contributed by atoms with Crippen LogP contribution >= 0.6 is 43.5 Å². The molecule has 13 heteroatoms. The van der Waals surface area contributed by atoms with Crippen LogP contribution in [0.15, 0.2) is 81.3 Å². The number of nitro benzene ring substituents is 1. The molecule has 4 amide bonds. The van der Waals surface area contributed by atoms with Gasteiger partial charge in [0.1, 0.15) is 5.57 Å². The van der Waals surface area contributed by atoms with E-state index in [0.717, 1.165) is 11.0 Å². The molecule has 1 N–H and O–H groups in total. The van der Waals surface area contributed by atoms with Crippen LogP contribution in [0.3, 0.4) is 0 Å². The van der Waals surface area contributed by atoms with E-state index in [1.807, 2.05) is 0 Å². The van der Waals surface area contributed by atoms with E-state index >= 15 is 0 Å². The molecule has 10 nitrogen and oxygen atoms in total. The van der Waals surface area contributed by atoms with Gasteiger partial charge in [-0.15, -0.1) is 0 Å². The standard InChI is InChI=1S/C26H14Br2ClN3O7/c27-16-11-15(12-20-24(34)30-26(36)31(25(20)35)18-7-5-17(29)6-8-18)23(21(28)13-16)39-22(33)9-4-14-2-1-3-19(10-14)32(37)38/h1-13H,(H,30,34,36)/b9-4+,20-12-. The lowest BCUT2D eigenvalue weighted by Gasteiger charge is -2.26. The Bertz CT molecular complexity index is 1600. The molecule has 1 saturated heterocycles. The number of carbonyl (C=O) groups excluding carboxylic acids is 4. The highest BCUT2D eigenvalue weighted by atomic mass is 79.9. The lowest BCUT2D eigenvalue weighted by Crippen LogP contribution is -2.54. The molecule has 196 valence electrons. The van der Waals surface area contributed by atoms with Gasteiger partial charge < -0.3 is 4.74 Å². The Labute approximate surface area is 242 Å². The SMILES string of the molecule is O=C(/C=C/c1cccc([N+](=O)[O-])c1)Oc1c(Br)cc(Br)cc1/C=C1/C(=O)NC(=O)N(c2ccc(Cl)cc2)C1=O. The number of anilines is 1. The fourth-order valence-electron chi connectivity index (χ4n) is 3.47. The first-order chi connectivity index (χ1) is 18.5.